The number of nitro groups is 1. The summed E-state index contributed by atoms with van der Waals surface area (Å²) < 4.78 is 5.07. The van der Waals surface area contributed by atoms with Crippen molar-refractivity contribution in [2.75, 3.05) is 18.2 Å². The lowest BCUT2D eigenvalue weighted by Gasteiger charge is -2.07. The SMILES string of the molecule is COCc1cccc(NC(=O)CSCc2ccc([N+](=O)[O-])cc2)c1. The van der Waals surface area contributed by atoms with Crippen molar-refractivity contribution in [3.8, 4) is 0 Å². The molecule has 0 bridgehead atoms. The van der Waals surface area contributed by atoms with E-state index in [-0.39, 0.29) is 11.6 Å². The van der Waals surface area contributed by atoms with Gasteiger partial charge >= 0.3 is 0 Å². The largest absolute Gasteiger partial charge is 0.380 e. The van der Waals surface area contributed by atoms with E-state index in [2.05, 4.69) is 5.32 Å². The third-order valence-electron chi connectivity index (χ3n) is 3.17. The predicted molar refractivity (Wildman–Crippen MR) is 95.0 cm³/mol. The minimum Gasteiger partial charge on any atom is -0.380 e. The third-order valence-corrected chi connectivity index (χ3v) is 4.17. The number of thioether (sulfide) groups is 1. The molecule has 0 saturated carbocycles. The summed E-state index contributed by atoms with van der Waals surface area (Å²) in [7, 11) is 1.63. The molecule has 0 aliphatic carbocycles. The van der Waals surface area contributed by atoms with Gasteiger partial charge in [-0.25, -0.2) is 0 Å². The van der Waals surface area contributed by atoms with Gasteiger partial charge in [-0.05, 0) is 23.3 Å². The van der Waals surface area contributed by atoms with Crippen LogP contribution >= 0.6 is 11.8 Å². The number of nitrogens with zero attached hydrogens (tertiary/aromatic N) is 1. The molecule has 6 nitrogen and oxygen atoms in total. The second-order valence-corrected chi connectivity index (χ2v) is 6.08. The van der Waals surface area contributed by atoms with Crippen LogP contribution in [0.1, 0.15) is 11.1 Å². The van der Waals surface area contributed by atoms with E-state index in [1.54, 1.807) is 19.2 Å². The van der Waals surface area contributed by atoms with Crippen LogP contribution in [0.25, 0.3) is 0 Å². The fourth-order valence-corrected chi connectivity index (χ4v) is 2.87. The van der Waals surface area contributed by atoms with Gasteiger partial charge in [0.1, 0.15) is 0 Å². The molecule has 1 N–H and O–H groups in total. The Balaban J connectivity index is 1.78. The Bertz CT molecular complexity index is 704. The van der Waals surface area contributed by atoms with Gasteiger partial charge in [0.05, 0.1) is 17.3 Å². The summed E-state index contributed by atoms with van der Waals surface area (Å²) in [5.41, 5.74) is 2.75. The second-order valence-electron chi connectivity index (χ2n) is 5.10. The van der Waals surface area contributed by atoms with E-state index in [1.807, 2.05) is 24.3 Å². The van der Waals surface area contributed by atoms with E-state index in [9.17, 15) is 14.9 Å². The average molecular weight is 346 g/mol. The Labute approximate surface area is 144 Å². The first-order valence-corrected chi connectivity index (χ1v) is 8.43. The Morgan fingerprint density at radius 2 is 1.96 bits per heavy atom. The summed E-state index contributed by atoms with van der Waals surface area (Å²) in [6, 6.07) is 13.9. The first kappa shape index (κ1) is 18.0. The lowest BCUT2D eigenvalue weighted by atomic mass is 10.2. The number of benzene rings is 2. The van der Waals surface area contributed by atoms with Gasteiger partial charge in [-0.3, -0.25) is 14.9 Å². The van der Waals surface area contributed by atoms with Gasteiger partial charge in [0, 0.05) is 30.7 Å². The van der Waals surface area contributed by atoms with E-state index < -0.39 is 4.92 Å². The molecule has 0 heterocycles. The Morgan fingerprint density at radius 3 is 2.62 bits per heavy atom. The normalized spacial score (nSPS) is 10.4. The van der Waals surface area contributed by atoms with Crippen molar-refractivity contribution in [2.24, 2.45) is 0 Å². The van der Waals surface area contributed by atoms with E-state index >= 15 is 0 Å². The zero-order chi connectivity index (χ0) is 17.4. The number of amides is 1. The van der Waals surface area contributed by atoms with Gasteiger partial charge in [-0.15, -0.1) is 11.8 Å². The molecule has 0 saturated heterocycles. The summed E-state index contributed by atoms with van der Waals surface area (Å²) in [4.78, 5) is 22.1. The summed E-state index contributed by atoms with van der Waals surface area (Å²) >= 11 is 1.46. The highest BCUT2D eigenvalue weighted by molar-refractivity contribution is 7.99. The molecule has 126 valence electrons. The monoisotopic (exact) mass is 346 g/mol. The van der Waals surface area contributed by atoms with E-state index in [4.69, 9.17) is 4.74 Å². The number of carbonyl (C=O) groups excluding carboxylic acids is 1. The van der Waals surface area contributed by atoms with E-state index in [1.165, 1.54) is 23.9 Å². The maximum absolute atomic E-state index is 12.0. The first-order valence-electron chi connectivity index (χ1n) is 7.27. The summed E-state index contributed by atoms with van der Waals surface area (Å²) in [5, 5.41) is 13.4. The zero-order valence-electron chi connectivity index (χ0n) is 13.2. The molecule has 7 heteroatoms. The van der Waals surface area contributed by atoms with Crippen molar-refractivity contribution < 1.29 is 14.5 Å². The van der Waals surface area contributed by atoms with Gasteiger partial charge in [0.25, 0.3) is 5.69 Å². The number of ether oxygens (including phenoxy) is 1. The topological polar surface area (TPSA) is 81.5 Å². The summed E-state index contributed by atoms with van der Waals surface area (Å²) in [5.74, 6) is 0.845. The molecule has 0 radical (unpaired) electrons. The van der Waals surface area contributed by atoms with Gasteiger partial charge < -0.3 is 10.1 Å². The summed E-state index contributed by atoms with van der Waals surface area (Å²) in [6.07, 6.45) is 0. The van der Waals surface area contributed by atoms with Crippen molar-refractivity contribution in [3.05, 3.63) is 69.8 Å². The van der Waals surface area contributed by atoms with Crippen LogP contribution in [-0.4, -0.2) is 23.7 Å². The number of nitro benzene ring substituents is 1. The lowest BCUT2D eigenvalue weighted by Crippen LogP contribution is -2.14. The van der Waals surface area contributed by atoms with Crippen LogP contribution in [0.3, 0.4) is 0 Å². The third kappa shape index (κ3) is 5.68. The molecular weight excluding hydrogens is 328 g/mol. The second kappa shape index (κ2) is 9.05. The number of nitrogens with one attached hydrogen (secondary N) is 1. The molecule has 0 atom stereocenters. The van der Waals surface area contributed by atoms with Crippen molar-refractivity contribution in [2.45, 2.75) is 12.4 Å². The van der Waals surface area contributed by atoms with Crippen molar-refractivity contribution in [3.63, 3.8) is 0 Å². The highest BCUT2D eigenvalue weighted by Gasteiger charge is 2.06. The molecule has 2 aromatic carbocycles. The summed E-state index contributed by atoms with van der Waals surface area (Å²) in [6.45, 7) is 0.499. The van der Waals surface area contributed by atoms with Crippen LogP contribution in [0.5, 0.6) is 0 Å². The maximum atomic E-state index is 12.0. The van der Waals surface area contributed by atoms with Gasteiger partial charge in [-0.2, -0.15) is 0 Å². The molecule has 1 amide bonds. The fraction of sp³-hybridized carbons (Fsp3) is 0.235. The fourth-order valence-electron chi connectivity index (χ4n) is 2.08. The number of carbonyl (C=O) groups is 1. The van der Waals surface area contributed by atoms with E-state index in [0.29, 0.717) is 18.1 Å². The van der Waals surface area contributed by atoms with Gasteiger partial charge in [0.15, 0.2) is 0 Å². The van der Waals surface area contributed by atoms with Gasteiger partial charge in [0.2, 0.25) is 5.91 Å². The number of anilines is 1. The van der Waals surface area contributed by atoms with Crippen molar-refractivity contribution in [1.29, 1.82) is 0 Å². The van der Waals surface area contributed by atoms with Crippen LogP contribution in [0.2, 0.25) is 0 Å². The molecule has 0 unspecified atom stereocenters. The highest BCUT2D eigenvalue weighted by Crippen LogP contribution is 2.17. The Hall–Kier alpha value is -2.38. The maximum Gasteiger partial charge on any atom is 0.269 e. The number of non-ortho nitro benzene ring substituents is 1. The molecule has 0 aliphatic heterocycles. The van der Waals surface area contributed by atoms with Crippen LogP contribution in [0.15, 0.2) is 48.5 Å². The molecular formula is C17H18N2O4S. The zero-order valence-corrected chi connectivity index (χ0v) is 14.0. The average Bonchev–Trinajstić information content (AvgIpc) is 2.56. The number of hydrogen-bond acceptors (Lipinski definition) is 5. The van der Waals surface area contributed by atoms with Crippen molar-refractivity contribution >= 4 is 29.0 Å². The number of hydrogen-bond donors (Lipinski definition) is 1. The lowest BCUT2D eigenvalue weighted by molar-refractivity contribution is -0.384. The standard InChI is InChI=1S/C17H18N2O4S/c1-23-10-14-3-2-4-15(9-14)18-17(20)12-24-11-13-5-7-16(8-6-13)19(21)22/h2-9H,10-12H2,1H3,(H,18,20). The molecule has 24 heavy (non-hydrogen) atoms. The Kier molecular flexibility index (Phi) is 6.77. The highest BCUT2D eigenvalue weighted by atomic mass is 32.2. The molecule has 2 rings (SSSR count). The van der Waals surface area contributed by atoms with Crippen LogP contribution in [0, 0.1) is 10.1 Å². The first-order chi connectivity index (χ1) is 11.6. The number of methoxy groups -OCH3 is 1. The van der Waals surface area contributed by atoms with Crippen molar-refractivity contribution in [1.82, 2.24) is 0 Å². The number of rotatable bonds is 8. The predicted octanol–water partition coefficient (Wildman–Crippen LogP) is 3.61. The molecule has 0 aromatic heterocycles. The van der Waals surface area contributed by atoms with E-state index in [0.717, 1.165) is 16.8 Å². The molecule has 0 spiro atoms. The minimum atomic E-state index is -0.429. The minimum absolute atomic E-state index is 0.0671. The van der Waals surface area contributed by atoms with Gasteiger partial charge in [-0.1, -0.05) is 24.3 Å². The van der Waals surface area contributed by atoms with Crippen LogP contribution < -0.4 is 5.32 Å². The quantitative estimate of drug-likeness (QED) is 0.583. The van der Waals surface area contributed by atoms with Crippen LogP contribution in [-0.2, 0) is 21.9 Å². The molecule has 0 fully saturated rings. The Morgan fingerprint density at radius 1 is 1.21 bits per heavy atom. The molecule has 0 aliphatic rings. The van der Waals surface area contributed by atoms with Crippen LogP contribution in [0.4, 0.5) is 11.4 Å². The smallest absolute Gasteiger partial charge is 0.269 e. The molecule has 2 aromatic rings.